The summed E-state index contributed by atoms with van der Waals surface area (Å²) in [4.78, 5) is 1.04. The lowest BCUT2D eigenvalue weighted by Gasteiger charge is -1.78. The van der Waals surface area contributed by atoms with Gasteiger partial charge < -0.3 is 0 Å². The van der Waals surface area contributed by atoms with Crippen LogP contribution in [-0.2, 0) is 0 Å². The molecule has 0 aromatic carbocycles. The van der Waals surface area contributed by atoms with Crippen molar-refractivity contribution < 1.29 is 0 Å². The smallest absolute Gasteiger partial charge is 0.0147 e. The van der Waals surface area contributed by atoms with Crippen LogP contribution in [0.15, 0.2) is 11.5 Å². The average Bonchev–Trinajstić information content (AvgIpc) is 1.38. The van der Waals surface area contributed by atoms with E-state index in [2.05, 4.69) is 18.2 Å². The van der Waals surface area contributed by atoms with Gasteiger partial charge in [-0.1, -0.05) is 17.4 Å². The van der Waals surface area contributed by atoms with Gasteiger partial charge in [0.2, 0.25) is 0 Å². The lowest BCUT2D eigenvalue weighted by molar-refractivity contribution is 1.74. The Morgan fingerprint density at radius 3 is 2.20 bits per heavy atom. The molecule has 0 atom stereocenters. The van der Waals surface area contributed by atoms with Crippen molar-refractivity contribution >= 4 is 22.5 Å². The molecule has 0 rings (SSSR count). The molecule has 30 valence electrons. The average molecular weight is 106 g/mol. The van der Waals surface area contributed by atoms with Crippen LogP contribution in [0, 0.1) is 0 Å². The molecule has 0 aromatic rings. The second-order valence-corrected chi connectivity index (χ2v) is 2.22. The predicted molar refractivity (Wildman–Crippen MR) is 31.4 cm³/mol. The molecule has 0 radical (unpaired) electrons. The monoisotopic (exact) mass is 106 g/mol. The number of hydrogen-bond acceptors (Lipinski definition) is 2. The second-order valence-electron chi connectivity index (χ2n) is 0.793. The molecule has 0 saturated heterocycles. The summed E-state index contributed by atoms with van der Waals surface area (Å²) in [5.74, 6) is 0. The summed E-state index contributed by atoms with van der Waals surface area (Å²) in [7, 11) is 1.38. The molecule has 0 saturated carbocycles. The highest BCUT2D eigenvalue weighted by molar-refractivity contribution is 8.70. The molecule has 0 aliphatic carbocycles. The maximum absolute atomic E-state index is 3.83. The zero-order valence-corrected chi connectivity index (χ0v) is 4.77. The van der Waals surface area contributed by atoms with Gasteiger partial charge in [0.15, 0.2) is 0 Å². The maximum atomic E-state index is 3.83. The standard InChI is InChI=1S/C3H6S2/c1-3(2)5-4/h4H,1H2,2H3. The molecule has 5 heavy (non-hydrogen) atoms. The largest absolute Gasteiger partial charge is 0.106 e. The Bertz CT molecular complexity index is 40.2. The molecular weight excluding hydrogens is 100 g/mol. The van der Waals surface area contributed by atoms with E-state index in [9.17, 15) is 0 Å². The van der Waals surface area contributed by atoms with Crippen molar-refractivity contribution in [3.63, 3.8) is 0 Å². The minimum Gasteiger partial charge on any atom is -0.106 e. The van der Waals surface area contributed by atoms with E-state index < -0.39 is 0 Å². The number of rotatable bonds is 1. The molecule has 0 spiro atoms. The molecule has 0 aliphatic heterocycles. The SMILES string of the molecule is C=C(C)SS. The van der Waals surface area contributed by atoms with Crippen molar-refractivity contribution in [1.82, 2.24) is 0 Å². The van der Waals surface area contributed by atoms with Crippen LogP contribution in [0.5, 0.6) is 0 Å². The minimum atomic E-state index is 1.04. The topological polar surface area (TPSA) is 0 Å². The molecule has 0 bridgehead atoms. The van der Waals surface area contributed by atoms with E-state index in [4.69, 9.17) is 0 Å². The number of thiol groups is 1. The summed E-state index contributed by atoms with van der Waals surface area (Å²) in [6, 6.07) is 0. The zero-order chi connectivity index (χ0) is 4.28. The van der Waals surface area contributed by atoms with E-state index in [1.807, 2.05) is 6.92 Å². The third kappa shape index (κ3) is 4.44. The van der Waals surface area contributed by atoms with Crippen LogP contribution in [0.3, 0.4) is 0 Å². The lowest BCUT2D eigenvalue weighted by Crippen LogP contribution is -1.43. The van der Waals surface area contributed by atoms with Crippen molar-refractivity contribution in [3.8, 4) is 0 Å². The van der Waals surface area contributed by atoms with Gasteiger partial charge in [-0.2, -0.15) is 0 Å². The van der Waals surface area contributed by atoms with Crippen LogP contribution >= 0.6 is 22.5 Å². The van der Waals surface area contributed by atoms with Gasteiger partial charge in [0.05, 0.1) is 0 Å². The highest BCUT2D eigenvalue weighted by atomic mass is 33.1. The van der Waals surface area contributed by atoms with Crippen LogP contribution in [0.2, 0.25) is 0 Å². The van der Waals surface area contributed by atoms with Crippen LogP contribution in [-0.4, -0.2) is 0 Å². The Morgan fingerprint density at radius 1 is 2.00 bits per heavy atom. The fourth-order valence-corrected chi connectivity index (χ4v) is 0. The fraction of sp³-hybridized carbons (Fsp3) is 0.333. The molecular formula is C3H6S2. The van der Waals surface area contributed by atoms with Gasteiger partial charge in [-0.15, -0.1) is 11.7 Å². The summed E-state index contributed by atoms with van der Waals surface area (Å²) >= 11 is 3.83. The molecule has 0 aromatic heterocycles. The van der Waals surface area contributed by atoms with Crippen molar-refractivity contribution in [1.29, 1.82) is 0 Å². The lowest BCUT2D eigenvalue weighted by atomic mass is 10.8. The third-order valence-corrected chi connectivity index (χ3v) is 1.40. The molecule has 0 heterocycles. The number of allylic oxidation sites excluding steroid dienone is 1. The van der Waals surface area contributed by atoms with Gasteiger partial charge in [-0.3, -0.25) is 0 Å². The van der Waals surface area contributed by atoms with E-state index in [-0.39, 0.29) is 0 Å². The van der Waals surface area contributed by atoms with Gasteiger partial charge in [-0.25, -0.2) is 0 Å². The summed E-state index contributed by atoms with van der Waals surface area (Å²) in [5, 5.41) is 0. The Morgan fingerprint density at radius 2 is 2.20 bits per heavy atom. The predicted octanol–water partition coefficient (Wildman–Crippen LogP) is 2.10. The first kappa shape index (κ1) is 5.44. The Hall–Kier alpha value is 0.440. The van der Waals surface area contributed by atoms with Crippen LogP contribution < -0.4 is 0 Å². The number of hydrogen-bond donors (Lipinski definition) is 1. The minimum absolute atomic E-state index is 1.04. The van der Waals surface area contributed by atoms with E-state index in [0.717, 1.165) is 4.91 Å². The first-order valence-electron chi connectivity index (χ1n) is 1.24. The van der Waals surface area contributed by atoms with Crippen LogP contribution in [0.1, 0.15) is 6.92 Å². The van der Waals surface area contributed by atoms with Gasteiger partial charge in [0.1, 0.15) is 0 Å². The highest BCUT2D eigenvalue weighted by Crippen LogP contribution is 2.14. The first-order chi connectivity index (χ1) is 2.27. The summed E-state index contributed by atoms with van der Waals surface area (Å²) in [5.41, 5.74) is 0. The van der Waals surface area contributed by atoms with Crippen molar-refractivity contribution in [3.05, 3.63) is 11.5 Å². The van der Waals surface area contributed by atoms with E-state index in [0.29, 0.717) is 0 Å². The van der Waals surface area contributed by atoms with E-state index in [1.54, 1.807) is 0 Å². The quantitative estimate of drug-likeness (QED) is 0.394. The third-order valence-electron chi connectivity index (χ3n) is 0.156. The molecule has 0 fully saturated rings. The van der Waals surface area contributed by atoms with Crippen molar-refractivity contribution in [2.45, 2.75) is 6.92 Å². The van der Waals surface area contributed by atoms with Gasteiger partial charge in [0, 0.05) is 0 Å². The van der Waals surface area contributed by atoms with E-state index in [1.165, 1.54) is 10.8 Å². The van der Waals surface area contributed by atoms with E-state index >= 15 is 0 Å². The van der Waals surface area contributed by atoms with Crippen molar-refractivity contribution in [2.24, 2.45) is 0 Å². The fourth-order valence-electron chi connectivity index (χ4n) is 0. The normalized spacial score (nSPS) is 7.60. The molecule has 0 N–H and O–H groups in total. The Kier molecular flexibility index (Phi) is 2.90. The molecule has 2 heteroatoms. The molecule has 0 aliphatic rings. The highest BCUT2D eigenvalue weighted by Gasteiger charge is 1.69. The maximum Gasteiger partial charge on any atom is -0.0147 e. The first-order valence-corrected chi connectivity index (χ1v) is 3.11. The van der Waals surface area contributed by atoms with Crippen molar-refractivity contribution in [2.75, 3.05) is 0 Å². The summed E-state index contributed by atoms with van der Waals surface area (Å²) < 4.78 is 0. The Labute approximate surface area is 41.5 Å². The van der Waals surface area contributed by atoms with Crippen LogP contribution in [0.4, 0.5) is 0 Å². The molecule has 0 unspecified atom stereocenters. The summed E-state index contributed by atoms with van der Waals surface area (Å²) in [6.07, 6.45) is 0. The Balaban J connectivity index is 2.85. The molecule has 0 amide bonds. The van der Waals surface area contributed by atoms with Gasteiger partial charge in [0.25, 0.3) is 0 Å². The second kappa shape index (κ2) is 2.67. The summed E-state index contributed by atoms with van der Waals surface area (Å²) in [6.45, 7) is 5.47. The zero-order valence-electron chi connectivity index (χ0n) is 3.06. The molecule has 0 nitrogen and oxygen atoms in total. The van der Waals surface area contributed by atoms with Crippen LogP contribution in [0.25, 0.3) is 0 Å². The van der Waals surface area contributed by atoms with Gasteiger partial charge in [-0.05, 0) is 11.8 Å². The van der Waals surface area contributed by atoms with Gasteiger partial charge >= 0.3 is 0 Å².